The molecular formula is C8H19NO2. The molecule has 3 N–H and O–H groups in total. The standard InChI is InChI=1S/C8H19NO2/c1-3-7(2)11-5-4-8(9)6-10/h7-8,10H,3-6,9H2,1-2H3. The zero-order chi connectivity index (χ0) is 8.69. The molecule has 0 spiro atoms. The smallest absolute Gasteiger partial charge is 0.0583 e. The van der Waals surface area contributed by atoms with Gasteiger partial charge < -0.3 is 15.6 Å². The Hall–Kier alpha value is -0.120. The largest absolute Gasteiger partial charge is 0.395 e. The highest BCUT2D eigenvalue weighted by Crippen LogP contribution is 1.97. The molecule has 0 bridgehead atoms. The Balaban J connectivity index is 3.13. The summed E-state index contributed by atoms with van der Waals surface area (Å²) in [4.78, 5) is 0. The van der Waals surface area contributed by atoms with Gasteiger partial charge >= 0.3 is 0 Å². The lowest BCUT2D eigenvalue weighted by atomic mass is 10.2. The predicted octanol–water partition coefficient (Wildman–Crippen LogP) is 0.511. The topological polar surface area (TPSA) is 55.5 Å². The van der Waals surface area contributed by atoms with Gasteiger partial charge in [-0.15, -0.1) is 0 Å². The van der Waals surface area contributed by atoms with Gasteiger partial charge in [0, 0.05) is 12.6 Å². The molecule has 0 aliphatic carbocycles. The molecule has 0 aromatic heterocycles. The van der Waals surface area contributed by atoms with Gasteiger partial charge in [0.05, 0.1) is 12.7 Å². The number of ether oxygens (including phenoxy) is 1. The molecule has 0 heterocycles. The van der Waals surface area contributed by atoms with Crippen molar-refractivity contribution in [2.75, 3.05) is 13.2 Å². The van der Waals surface area contributed by atoms with Crippen molar-refractivity contribution in [2.45, 2.75) is 38.8 Å². The molecule has 0 rings (SSSR count). The van der Waals surface area contributed by atoms with E-state index < -0.39 is 0 Å². The van der Waals surface area contributed by atoms with Crippen molar-refractivity contribution in [1.29, 1.82) is 0 Å². The summed E-state index contributed by atoms with van der Waals surface area (Å²) in [6.07, 6.45) is 2.07. The van der Waals surface area contributed by atoms with E-state index in [1.807, 2.05) is 6.92 Å². The van der Waals surface area contributed by atoms with Crippen LogP contribution in [0.1, 0.15) is 26.7 Å². The normalized spacial score (nSPS) is 16.4. The Morgan fingerprint density at radius 1 is 1.55 bits per heavy atom. The van der Waals surface area contributed by atoms with E-state index in [0.29, 0.717) is 12.7 Å². The van der Waals surface area contributed by atoms with Crippen molar-refractivity contribution in [3.63, 3.8) is 0 Å². The zero-order valence-corrected chi connectivity index (χ0v) is 7.42. The van der Waals surface area contributed by atoms with Crippen molar-refractivity contribution < 1.29 is 9.84 Å². The van der Waals surface area contributed by atoms with Crippen LogP contribution in [0.2, 0.25) is 0 Å². The maximum atomic E-state index is 8.58. The molecule has 0 radical (unpaired) electrons. The van der Waals surface area contributed by atoms with E-state index in [0.717, 1.165) is 12.8 Å². The van der Waals surface area contributed by atoms with Gasteiger partial charge in [0.15, 0.2) is 0 Å². The average Bonchev–Trinajstić information content (AvgIpc) is 2.04. The lowest BCUT2D eigenvalue weighted by Gasteiger charge is -2.12. The summed E-state index contributed by atoms with van der Waals surface area (Å²) in [7, 11) is 0. The second-order valence-electron chi connectivity index (χ2n) is 2.82. The Morgan fingerprint density at radius 3 is 2.64 bits per heavy atom. The third kappa shape index (κ3) is 6.28. The van der Waals surface area contributed by atoms with E-state index in [4.69, 9.17) is 15.6 Å². The van der Waals surface area contributed by atoms with Crippen LogP contribution < -0.4 is 5.73 Å². The highest BCUT2D eigenvalue weighted by molar-refractivity contribution is 4.57. The van der Waals surface area contributed by atoms with E-state index in [2.05, 4.69) is 6.92 Å². The summed E-state index contributed by atoms with van der Waals surface area (Å²) >= 11 is 0. The van der Waals surface area contributed by atoms with Gasteiger partial charge in [0.2, 0.25) is 0 Å². The quantitative estimate of drug-likeness (QED) is 0.597. The minimum Gasteiger partial charge on any atom is -0.395 e. The molecule has 68 valence electrons. The fourth-order valence-corrected chi connectivity index (χ4v) is 0.630. The first kappa shape index (κ1) is 10.9. The van der Waals surface area contributed by atoms with Crippen LogP contribution in [-0.2, 0) is 4.74 Å². The highest BCUT2D eigenvalue weighted by atomic mass is 16.5. The van der Waals surface area contributed by atoms with Crippen LogP contribution in [0.15, 0.2) is 0 Å². The molecule has 0 aromatic carbocycles. The number of nitrogens with two attached hydrogens (primary N) is 1. The van der Waals surface area contributed by atoms with Crippen molar-refractivity contribution in [2.24, 2.45) is 5.73 Å². The first-order valence-electron chi connectivity index (χ1n) is 4.18. The predicted molar refractivity (Wildman–Crippen MR) is 45.4 cm³/mol. The Morgan fingerprint density at radius 2 is 2.18 bits per heavy atom. The van der Waals surface area contributed by atoms with E-state index in [1.165, 1.54) is 0 Å². The second-order valence-corrected chi connectivity index (χ2v) is 2.82. The minimum atomic E-state index is -0.126. The van der Waals surface area contributed by atoms with Gasteiger partial charge in [-0.1, -0.05) is 6.92 Å². The molecule has 3 heteroatoms. The molecule has 11 heavy (non-hydrogen) atoms. The van der Waals surface area contributed by atoms with Crippen LogP contribution in [0.25, 0.3) is 0 Å². The van der Waals surface area contributed by atoms with Gasteiger partial charge in [-0.25, -0.2) is 0 Å². The third-order valence-corrected chi connectivity index (χ3v) is 1.70. The van der Waals surface area contributed by atoms with Crippen molar-refractivity contribution in [3.8, 4) is 0 Å². The van der Waals surface area contributed by atoms with Crippen LogP contribution in [0.5, 0.6) is 0 Å². The molecule has 0 saturated carbocycles. The first-order chi connectivity index (χ1) is 5.20. The number of rotatable bonds is 6. The lowest BCUT2D eigenvalue weighted by molar-refractivity contribution is 0.0556. The summed E-state index contributed by atoms with van der Waals surface area (Å²) in [5.41, 5.74) is 5.47. The molecule has 2 atom stereocenters. The lowest BCUT2D eigenvalue weighted by Crippen LogP contribution is -2.26. The maximum absolute atomic E-state index is 8.58. The maximum Gasteiger partial charge on any atom is 0.0583 e. The summed E-state index contributed by atoms with van der Waals surface area (Å²) in [6.45, 7) is 4.81. The molecule has 0 aromatic rings. The van der Waals surface area contributed by atoms with Crippen LogP contribution >= 0.6 is 0 Å². The Labute approximate surface area is 68.5 Å². The fraction of sp³-hybridized carbons (Fsp3) is 1.00. The van der Waals surface area contributed by atoms with Crippen molar-refractivity contribution in [3.05, 3.63) is 0 Å². The van der Waals surface area contributed by atoms with Gasteiger partial charge in [-0.2, -0.15) is 0 Å². The first-order valence-corrected chi connectivity index (χ1v) is 4.18. The van der Waals surface area contributed by atoms with Crippen LogP contribution in [0, 0.1) is 0 Å². The third-order valence-electron chi connectivity index (χ3n) is 1.70. The number of hydrogen-bond acceptors (Lipinski definition) is 3. The summed E-state index contributed by atoms with van der Waals surface area (Å²) in [5.74, 6) is 0. The fourth-order valence-electron chi connectivity index (χ4n) is 0.630. The molecular weight excluding hydrogens is 142 g/mol. The van der Waals surface area contributed by atoms with E-state index in [-0.39, 0.29) is 12.6 Å². The molecule has 3 nitrogen and oxygen atoms in total. The molecule has 0 fully saturated rings. The van der Waals surface area contributed by atoms with Gasteiger partial charge in [-0.05, 0) is 19.8 Å². The molecule has 0 saturated heterocycles. The highest BCUT2D eigenvalue weighted by Gasteiger charge is 2.01. The van der Waals surface area contributed by atoms with Crippen LogP contribution in [0.4, 0.5) is 0 Å². The monoisotopic (exact) mass is 161 g/mol. The average molecular weight is 161 g/mol. The number of aliphatic hydroxyl groups is 1. The zero-order valence-electron chi connectivity index (χ0n) is 7.42. The van der Waals surface area contributed by atoms with Crippen LogP contribution in [-0.4, -0.2) is 30.5 Å². The van der Waals surface area contributed by atoms with Gasteiger partial charge in [-0.3, -0.25) is 0 Å². The summed E-state index contributed by atoms with van der Waals surface area (Å²) in [6, 6.07) is -0.126. The van der Waals surface area contributed by atoms with Crippen LogP contribution in [0.3, 0.4) is 0 Å². The minimum absolute atomic E-state index is 0.0455. The Kier molecular flexibility index (Phi) is 6.51. The second kappa shape index (κ2) is 6.58. The van der Waals surface area contributed by atoms with E-state index in [9.17, 15) is 0 Å². The molecule has 0 aliphatic rings. The molecule has 0 amide bonds. The van der Waals surface area contributed by atoms with Gasteiger partial charge in [0.1, 0.15) is 0 Å². The van der Waals surface area contributed by atoms with Crippen molar-refractivity contribution >= 4 is 0 Å². The Bertz CT molecular complexity index is 78.2. The van der Waals surface area contributed by atoms with E-state index in [1.54, 1.807) is 0 Å². The van der Waals surface area contributed by atoms with E-state index >= 15 is 0 Å². The van der Waals surface area contributed by atoms with Gasteiger partial charge in [0.25, 0.3) is 0 Å². The van der Waals surface area contributed by atoms with Crippen molar-refractivity contribution in [1.82, 2.24) is 0 Å². The summed E-state index contributed by atoms with van der Waals surface area (Å²) in [5, 5.41) is 8.58. The number of hydrogen-bond donors (Lipinski definition) is 2. The summed E-state index contributed by atoms with van der Waals surface area (Å²) < 4.78 is 5.37. The molecule has 0 aliphatic heterocycles. The SMILES string of the molecule is CCC(C)OCCC(N)CO. The molecule has 2 unspecified atom stereocenters. The number of aliphatic hydroxyl groups excluding tert-OH is 1.